The summed E-state index contributed by atoms with van der Waals surface area (Å²) in [6.45, 7) is 1.85. The van der Waals surface area contributed by atoms with Crippen LogP contribution >= 0.6 is 22.7 Å². The molecule has 29 heavy (non-hydrogen) atoms. The van der Waals surface area contributed by atoms with Gasteiger partial charge in [-0.25, -0.2) is 4.98 Å². The molecule has 0 unspecified atom stereocenters. The van der Waals surface area contributed by atoms with Crippen molar-refractivity contribution in [3.63, 3.8) is 0 Å². The minimum absolute atomic E-state index is 0.280. The molecule has 0 saturated heterocycles. The average molecular weight is 423 g/mol. The molecule has 1 amide bonds. The monoisotopic (exact) mass is 422 g/mol. The number of rotatable bonds is 3. The molecule has 4 N–H and O–H groups in total. The number of benzene rings is 1. The van der Waals surface area contributed by atoms with Crippen molar-refractivity contribution in [1.82, 2.24) is 20.5 Å². The lowest BCUT2D eigenvalue weighted by atomic mass is 10.1. The van der Waals surface area contributed by atoms with E-state index < -0.39 is 0 Å². The molecule has 1 aliphatic rings. The molecule has 1 aromatic carbocycles. The number of thiophene rings is 1. The summed E-state index contributed by atoms with van der Waals surface area (Å²) in [4.78, 5) is 18.9. The maximum absolute atomic E-state index is 12.8. The van der Waals surface area contributed by atoms with Crippen molar-refractivity contribution in [2.75, 3.05) is 24.1 Å². The topological polar surface area (TPSA) is 106 Å². The number of amides is 1. The molecule has 1 aliphatic heterocycles. The van der Waals surface area contributed by atoms with E-state index in [1.807, 2.05) is 30.3 Å². The number of nitrogens with zero attached hydrogens (tertiary/aromatic N) is 3. The highest BCUT2D eigenvalue weighted by Crippen LogP contribution is 2.35. The van der Waals surface area contributed by atoms with Crippen molar-refractivity contribution in [3.05, 3.63) is 52.5 Å². The Bertz CT molecular complexity index is 1200. The van der Waals surface area contributed by atoms with Crippen LogP contribution in [0.15, 0.2) is 36.4 Å². The summed E-state index contributed by atoms with van der Waals surface area (Å²) in [6.07, 6.45) is 1.81. The maximum atomic E-state index is 12.8. The van der Waals surface area contributed by atoms with Gasteiger partial charge in [-0.15, -0.1) is 21.5 Å². The molecule has 0 aliphatic carbocycles. The van der Waals surface area contributed by atoms with Crippen LogP contribution in [0.1, 0.15) is 20.9 Å². The fraction of sp³-hybridized carbons (Fsp3) is 0.200. The highest BCUT2D eigenvalue weighted by atomic mass is 32.1. The van der Waals surface area contributed by atoms with Gasteiger partial charge in [0.2, 0.25) is 5.13 Å². The number of carbonyl (C=O) groups excluding carboxylic acids is 1. The van der Waals surface area contributed by atoms with Gasteiger partial charge in [0.05, 0.1) is 5.69 Å². The van der Waals surface area contributed by atoms with E-state index in [9.17, 15) is 4.79 Å². The van der Waals surface area contributed by atoms with E-state index in [0.717, 1.165) is 52.4 Å². The van der Waals surface area contributed by atoms with Crippen LogP contribution in [-0.4, -0.2) is 34.2 Å². The van der Waals surface area contributed by atoms with E-state index in [1.165, 1.54) is 28.2 Å². The number of aromatic nitrogens is 3. The first-order valence-electron chi connectivity index (χ1n) is 9.31. The van der Waals surface area contributed by atoms with Crippen LogP contribution in [0.4, 0.5) is 10.8 Å². The number of hydrogen-bond acceptors (Lipinski definition) is 8. The molecule has 7 nitrogen and oxygen atoms in total. The van der Waals surface area contributed by atoms with E-state index in [-0.39, 0.29) is 5.91 Å². The minimum Gasteiger partial charge on any atom is -0.397 e. The molecule has 0 bridgehead atoms. The summed E-state index contributed by atoms with van der Waals surface area (Å²) in [6, 6.07) is 11.8. The second-order valence-electron chi connectivity index (χ2n) is 6.77. The smallest absolute Gasteiger partial charge is 0.269 e. The first-order valence-corrected chi connectivity index (χ1v) is 10.9. The molecule has 4 aromatic rings. The quantitative estimate of drug-likeness (QED) is 0.468. The zero-order valence-electron chi connectivity index (χ0n) is 15.4. The van der Waals surface area contributed by atoms with Crippen molar-refractivity contribution in [3.8, 4) is 10.6 Å². The van der Waals surface area contributed by atoms with Crippen molar-refractivity contribution < 1.29 is 4.79 Å². The Hall–Kier alpha value is -2.88. The van der Waals surface area contributed by atoms with Crippen LogP contribution in [0.25, 0.3) is 20.8 Å². The summed E-state index contributed by atoms with van der Waals surface area (Å²) in [5.41, 5.74) is 10.1. The van der Waals surface area contributed by atoms with Gasteiger partial charge in [-0.05, 0) is 24.6 Å². The van der Waals surface area contributed by atoms with Gasteiger partial charge < -0.3 is 11.1 Å². The number of pyridine rings is 1. The van der Waals surface area contributed by atoms with E-state index in [4.69, 9.17) is 10.7 Å². The van der Waals surface area contributed by atoms with E-state index in [1.54, 1.807) is 0 Å². The number of anilines is 2. The molecule has 0 saturated carbocycles. The molecule has 5 rings (SSSR count). The van der Waals surface area contributed by atoms with Crippen LogP contribution < -0.4 is 16.4 Å². The van der Waals surface area contributed by atoms with Gasteiger partial charge >= 0.3 is 0 Å². The fourth-order valence-electron chi connectivity index (χ4n) is 3.40. The Balaban J connectivity index is 1.43. The molecule has 0 atom stereocenters. The van der Waals surface area contributed by atoms with Crippen molar-refractivity contribution in [2.24, 2.45) is 0 Å². The fourth-order valence-corrected chi connectivity index (χ4v) is 5.14. The third kappa shape index (κ3) is 3.48. The molecule has 146 valence electrons. The number of carbonyl (C=O) groups is 1. The minimum atomic E-state index is -0.280. The Morgan fingerprint density at radius 3 is 2.79 bits per heavy atom. The first-order chi connectivity index (χ1) is 14.2. The Morgan fingerprint density at radius 1 is 1.10 bits per heavy atom. The lowest BCUT2D eigenvalue weighted by molar-refractivity contribution is 0.103. The van der Waals surface area contributed by atoms with Gasteiger partial charge in [0, 0.05) is 29.6 Å². The highest BCUT2D eigenvalue weighted by Gasteiger charge is 2.21. The molecule has 0 radical (unpaired) electrons. The first kappa shape index (κ1) is 18.2. The Kier molecular flexibility index (Phi) is 4.70. The Labute approximate surface area is 175 Å². The third-order valence-electron chi connectivity index (χ3n) is 4.87. The van der Waals surface area contributed by atoms with Gasteiger partial charge in [0.1, 0.15) is 14.7 Å². The summed E-state index contributed by atoms with van der Waals surface area (Å²) in [5, 5.41) is 16.5. The second kappa shape index (κ2) is 7.51. The molecule has 9 heteroatoms. The van der Waals surface area contributed by atoms with Crippen molar-refractivity contribution in [1.29, 1.82) is 0 Å². The van der Waals surface area contributed by atoms with Gasteiger partial charge in [0.15, 0.2) is 0 Å². The number of fused-ring (bicyclic) bond motifs is 2. The third-order valence-corrected chi connectivity index (χ3v) is 6.87. The molecular weight excluding hydrogens is 404 g/mol. The Morgan fingerprint density at radius 2 is 1.93 bits per heavy atom. The molecule has 0 fully saturated rings. The van der Waals surface area contributed by atoms with Gasteiger partial charge in [-0.1, -0.05) is 41.7 Å². The van der Waals surface area contributed by atoms with Crippen molar-refractivity contribution >= 4 is 49.6 Å². The largest absolute Gasteiger partial charge is 0.397 e. The normalized spacial score (nSPS) is 13.8. The number of hydrogen-bond donors (Lipinski definition) is 3. The van der Waals surface area contributed by atoms with Crippen LogP contribution in [0.3, 0.4) is 0 Å². The zero-order chi connectivity index (χ0) is 19.8. The van der Waals surface area contributed by atoms with Gasteiger partial charge in [-0.3, -0.25) is 10.1 Å². The summed E-state index contributed by atoms with van der Waals surface area (Å²) in [5.74, 6) is -0.280. The molecule has 3 aromatic heterocycles. The second-order valence-corrected chi connectivity index (χ2v) is 8.75. The lowest BCUT2D eigenvalue weighted by Crippen LogP contribution is -2.16. The standard InChI is InChI=1S/C20H18N6OS2/c21-15-13-10-12-6-8-22-9-7-14(12)23-19(13)28-16(15)17(27)24-20-26-25-18(29-20)11-4-2-1-3-5-11/h1-5,10,22H,6-9,21H2,(H,24,26,27). The predicted molar refractivity (Wildman–Crippen MR) is 118 cm³/mol. The summed E-state index contributed by atoms with van der Waals surface area (Å²) < 4.78 is 0. The number of nitrogens with two attached hydrogens (primary N) is 1. The predicted octanol–water partition coefficient (Wildman–Crippen LogP) is 3.34. The van der Waals surface area contributed by atoms with Crippen LogP contribution in [0.2, 0.25) is 0 Å². The van der Waals surface area contributed by atoms with E-state index >= 15 is 0 Å². The van der Waals surface area contributed by atoms with Crippen molar-refractivity contribution in [2.45, 2.75) is 12.8 Å². The van der Waals surface area contributed by atoms with E-state index in [2.05, 4.69) is 26.9 Å². The molecule has 4 heterocycles. The molecule has 0 spiro atoms. The van der Waals surface area contributed by atoms with Crippen LogP contribution in [-0.2, 0) is 12.8 Å². The SMILES string of the molecule is Nc1c(C(=O)Nc2nnc(-c3ccccc3)s2)sc2nc3c(cc12)CCNCC3. The van der Waals surface area contributed by atoms with Crippen LogP contribution in [0.5, 0.6) is 0 Å². The molecular formula is C20H18N6OS2. The van der Waals surface area contributed by atoms with E-state index in [0.29, 0.717) is 15.7 Å². The highest BCUT2D eigenvalue weighted by molar-refractivity contribution is 7.21. The van der Waals surface area contributed by atoms with Gasteiger partial charge in [-0.2, -0.15) is 0 Å². The summed E-state index contributed by atoms with van der Waals surface area (Å²) in [7, 11) is 0. The van der Waals surface area contributed by atoms with Gasteiger partial charge in [0.25, 0.3) is 5.91 Å². The average Bonchev–Trinajstić information content (AvgIpc) is 3.24. The summed E-state index contributed by atoms with van der Waals surface area (Å²) >= 11 is 2.65. The van der Waals surface area contributed by atoms with Crippen LogP contribution in [0, 0.1) is 0 Å². The number of nitrogens with one attached hydrogen (secondary N) is 2. The lowest BCUT2D eigenvalue weighted by Gasteiger charge is -2.04. The zero-order valence-corrected chi connectivity index (χ0v) is 17.1. The maximum Gasteiger partial charge on any atom is 0.269 e. The number of nitrogen functional groups attached to an aromatic ring is 1.